The minimum absolute atomic E-state index is 0.325. The maximum atomic E-state index is 5.86. The summed E-state index contributed by atoms with van der Waals surface area (Å²) >= 11 is 2.12. The number of hydrogen-bond donors (Lipinski definition) is 1. The first-order valence-electron chi connectivity index (χ1n) is 8.56. The van der Waals surface area contributed by atoms with Crippen molar-refractivity contribution in [3.8, 4) is 0 Å². The van der Waals surface area contributed by atoms with E-state index in [2.05, 4.69) is 49.7 Å². The van der Waals surface area contributed by atoms with Gasteiger partial charge in [0.25, 0.3) is 0 Å². The van der Waals surface area contributed by atoms with E-state index in [0.717, 1.165) is 32.2 Å². The zero-order valence-corrected chi connectivity index (χ0v) is 15.2. The molecule has 2 aliphatic rings. The van der Waals surface area contributed by atoms with Gasteiger partial charge in [-0.15, -0.1) is 0 Å². The minimum Gasteiger partial charge on any atom is -0.381 e. The normalized spacial score (nSPS) is 30.7. The van der Waals surface area contributed by atoms with Gasteiger partial charge in [0.05, 0.1) is 6.61 Å². The van der Waals surface area contributed by atoms with Gasteiger partial charge in [0.15, 0.2) is 0 Å². The average molecular weight is 315 g/mol. The quantitative estimate of drug-likeness (QED) is 0.815. The van der Waals surface area contributed by atoms with E-state index in [1.165, 1.54) is 38.2 Å². The summed E-state index contributed by atoms with van der Waals surface area (Å²) in [7, 11) is 0. The van der Waals surface area contributed by atoms with Crippen molar-refractivity contribution in [2.24, 2.45) is 11.3 Å². The van der Waals surface area contributed by atoms with Crippen molar-refractivity contribution >= 4 is 11.8 Å². The molecule has 0 radical (unpaired) electrons. The highest BCUT2D eigenvalue weighted by Crippen LogP contribution is 2.34. The summed E-state index contributed by atoms with van der Waals surface area (Å²) in [6.07, 6.45) is 2.53. The Labute approximate surface area is 135 Å². The molecule has 0 bridgehead atoms. The van der Waals surface area contributed by atoms with Gasteiger partial charge in [-0.05, 0) is 39.2 Å². The average Bonchev–Trinajstić information content (AvgIpc) is 2.38. The SMILES string of the molecule is CC(C)CNCC1(CN2CCSC(C)(C)C2)CCCOC1. The van der Waals surface area contributed by atoms with E-state index >= 15 is 0 Å². The standard InChI is InChI=1S/C17H34N2OS/c1-15(2)10-18-11-17(6-5-8-20-14-17)13-19-7-9-21-16(3,4)12-19/h15,18H,5-14H2,1-4H3. The van der Waals surface area contributed by atoms with Gasteiger partial charge in [-0.3, -0.25) is 0 Å². The third-order valence-electron chi connectivity index (χ3n) is 4.52. The van der Waals surface area contributed by atoms with Crippen LogP contribution in [-0.4, -0.2) is 61.3 Å². The summed E-state index contributed by atoms with van der Waals surface area (Å²) in [5.74, 6) is 1.99. The molecule has 2 heterocycles. The second kappa shape index (κ2) is 7.67. The van der Waals surface area contributed by atoms with Crippen LogP contribution in [0.15, 0.2) is 0 Å². The molecule has 124 valence electrons. The fourth-order valence-electron chi connectivity index (χ4n) is 3.58. The number of thioether (sulfide) groups is 1. The molecule has 3 nitrogen and oxygen atoms in total. The first-order valence-corrected chi connectivity index (χ1v) is 9.54. The lowest BCUT2D eigenvalue weighted by Gasteiger charge is -2.45. The van der Waals surface area contributed by atoms with Gasteiger partial charge >= 0.3 is 0 Å². The van der Waals surface area contributed by atoms with Gasteiger partial charge in [-0.2, -0.15) is 11.8 Å². The number of nitrogens with one attached hydrogen (secondary N) is 1. The van der Waals surface area contributed by atoms with Crippen molar-refractivity contribution in [3.05, 3.63) is 0 Å². The molecular weight excluding hydrogens is 280 g/mol. The van der Waals surface area contributed by atoms with Crippen molar-refractivity contribution in [3.63, 3.8) is 0 Å². The van der Waals surface area contributed by atoms with Crippen LogP contribution in [-0.2, 0) is 4.74 Å². The summed E-state index contributed by atoms with van der Waals surface area (Å²) < 4.78 is 6.27. The molecule has 0 saturated carbocycles. The van der Waals surface area contributed by atoms with Crippen molar-refractivity contribution < 1.29 is 4.74 Å². The maximum Gasteiger partial charge on any atom is 0.0546 e. The van der Waals surface area contributed by atoms with Gasteiger partial charge in [-0.25, -0.2) is 0 Å². The van der Waals surface area contributed by atoms with E-state index in [-0.39, 0.29) is 0 Å². The molecule has 0 aromatic rings. The summed E-state index contributed by atoms with van der Waals surface area (Å²) in [5, 5.41) is 3.69. The van der Waals surface area contributed by atoms with E-state index in [1.807, 2.05) is 0 Å². The molecule has 0 spiro atoms. The fraction of sp³-hybridized carbons (Fsp3) is 1.00. The van der Waals surface area contributed by atoms with E-state index in [1.54, 1.807) is 0 Å². The molecule has 0 aliphatic carbocycles. The van der Waals surface area contributed by atoms with Gasteiger partial charge in [0.2, 0.25) is 0 Å². The monoisotopic (exact) mass is 314 g/mol. The van der Waals surface area contributed by atoms with Crippen LogP contribution in [0.1, 0.15) is 40.5 Å². The summed E-state index contributed by atoms with van der Waals surface area (Å²) in [6, 6.07) is 0. The Balaban J connectivity index is 1.92. The van der Waals surface area contributed by atoms with Crippen LogP contribution in [0.4, 0.5) is 0 Å². The van der Waals surface area contributed by atoms with Crippen molar-refractivity contribution in [2.75, 3.05) is 51.7 Å². The molecule has 0 aromatic heterocycles. The van der Waals surface area contributed by atoms with E-state index in [4.69, 9.17) is 4.74 Å². The van der Waals surface area contributed by atoms with Gasteiger partial charge in [-0.1, -0.05) is 13.8 Å². The molecule has 4 heteroatoms. The molecule has 2 rings (SSSR count). The number of nitrogens with zero attached hydrogens (tertiary/aromatic N) is 1. The highest BCUT2D eigenvalue weighted by molar-refractivity contribution is 8.00. The van der Waals surface area contributed by atoms with Crippen molar-refractivity contribution in [1.29, 1.82) is 0 Å². The van der Waals surface area contributed by atoms with E-state index in [9.17, 15) is 0 Å². The van der Waals surface area contributed by atoms with Crippen LogP contribution < -0.4 is 5.32 Å². The smallest absolute Gasteiger partial charge is 0.0546 e. The van der Waals surface area contributed by atoms with Crippen molar-refractivity contribution in [2.45, 2.75) is 45.3 Å². The molecule has 0 aromatic carbocycles. The molecule has 1 unspecified atom stereocenters. The largest absolute Gasteiger partial charge is 0.381 e. The van der Waals surface area contributed by atoms with Crippen molar-refractivity contribution in [1.82, 2.24) is 10.2 Å². The first-order chi connectivity index (χ1) is 9.91. The third kappa shape index (κ3) is 5.74. The Morgan fingerprint density at radius 2 is 2.14 bits per heavy atom. The molecular formula is C17H34N2OS. The van der Waals surface area contributed by atoms with Gasteiger partial charge < -0.3 is 15.0 Å². The van der Waals surface area contributed by atoms with E-state index < -0.39 is 0 Å². The number of hydrogen-bond acceptors (Lipinski definition) is 4. The predicted molar refractivity (Wildman–Crippen MR) is 93.2 cm³/mol. The highest BCUT2D eigenvalue weighted by Gasteiger charge is 2.37. The topological polar surface area (TPSA) is 24.5 Å². The minimum atomic E-state index is 0.325. The van der Waals surface area contributed by atoms with Crippen LogP contribution in [0.5, 0.6) is 0 Å². The number of rotatable bonds is 6. The Morgan fingerprint density at radius 3 is 2.76 bits per heavy atom. The molecule has 1 N–H and O–H groups in total. The van der Waals surface area contributed by atoms with Crippen LogP contribution in [0, 0.1) is 11.3 Å². The predicted octanol–water partition coefficient (Wildman–Crippen LogP) is 2.86. The molecule has 1 atom stereocenters. The fourth-order valence-corrected chi connectivity index (χ4v) is 4.76. The zero-order chi connectivity index (χ0) is 15.3. The summed E-state index contributed by atoms with van der Waals surface area (Å²) in [5.41, 5.74) is 0.325. The molecule has 2 saturated heterocycles. The Bertz CT molecular complexity index is 314. The summed E-state index contributed by atoms with van der Waals surface area (Å²) in [4.78, 5) is 2.68. The van der Waals surface area contributed by atoms with Crippen LogP contribution in [0.2, 0.25) is 0 Å². The van der Waals surface area contributed by atoms with Crippen LogP contribution in [0.3, 0.4) is 0 Å². The molecule has 2 aliphatic heterocycles. The lowest BCUT2D eigenvalue weighted by atomic mass is 9.81. The maximum absolute atomic E-state index is 5.86. The summed E-state index contributed by atoms with van der Waals surface area (Å²) in [6.45, 7) is 17.1. The number of ether oxygens (including phenoxy) is 1. The lowest BCUT2D eigenvalue weighted by molar-refractivity contribution is -0.0269. The molecule has 0 amide bonds. The second-order valence-corrected chi connectivity index (χ2v) is 9.80. The van der Waals surface area contributed by atoms with Gasteiger partial charge in [0.1, 0.15) is 0 Å². The Morgan fingerprint density at radius 1 is 1.33 bits per heavy atom. The second-order valence-electron chi connectivity index (χ2n) is 8.00. The van der Waals surface area contributed by atoms with Crippen LogP contribution >= 0.6 is 11.8 Å². The Hall–Kier alpha value is 0.230. The van der Waals surface area contributed by atoms with E-state index in [0.29, 0.717) is 10.2 Å². The molecule has 21 heavy (non-hydrogen) atoms. The van der Waals surface area contributed by atoms with Crippen LogP contribution in [0.25, 0.3) is 0 Å². The molecule has 2 fully saturated rings. The lowest BCUT2D eigenvalue weighted by Crippen LogP contribution is -2.53. The third-order valence-corrected chi connectivity index (χ3v) is 5.82. The van der Waals surface area contributed by atoms with Gasteiger partial charge in [0, 0.05) is 48.7 Å². The first kappa shape index (κ1) is 17.6. The zero-order valence-electron chi connectivity index (χ0n) is 14.4. The highest BCUT2D eigenvalue weighted by atomic mass is 32.2. The Kier molecular flexibility index (Phi) is 6.42.